The molecule has 0 spiro atoms. The lowest BCUT2D eigenvalue weighted by Crippen LogP contribution is -2.40. The van der Waals surface area contributed by atoms with Gasteiger partial charge >= 0.3 is 0 Å². The Morgan fingerprint density at radius 3 is 2.52 bits per heavy atom. The van der Waals surface area contributed by atoms with Gasteiger partial charge in [-0.2, -0.15) is 0 Å². The minimum atomic E-state index is -0.101. The highest BCUT2D eigenvalue weighted by Crippen LogP contribution is 2.18. The quantitative estimate of drug-likeness (QED) is 0.834. The van der Waals surface area contributed by atoms with Crippen molar-refractivity contribution in [1.29, 1.82) is 0 Å². The van der Waals surface area contributed by atoms with Gasteiger partial charge < -0.3 is 15.0 Å². The molecule has 1 amide bonds. The van der Waals surface area contributed by atoms with Crippen molar-refractivity contribution in [1.82, 2.24) is 14.9 Å². The van der Waals surface area contributed by atoms with Crippen LogP contribution in [0.1, 0.15) is 49.9 Å². The second-order valence-corrected chi connectivity index (χ2v) is 5.48. The van der Waals surface area contributed by atoms with E-state index in [-0.39, 0.29) is 17.9 Å². The number of nitrogens with zero attached hydrogens (tertiary/aromatic N) is 3. The molecule has 118 valence electrons. The van der Waals surface area contributed by atoms with Gasteiger partial charge in [0.1, 0.15) is 5.82 Å². The number of hydrogen-bond acceptors (Lipinski definition) is 5. The molecule has 0 aromatic carbocycles. The zero-order valence-electron chi connectivity index (χ0n) is 13.8. The lowest BCUT2D eigenvalue weighted by molar-refractivity contribution is 0.0629. The van der Waals surface area contributed by atoms with E-state index < -0.39 is 0 Å². The summed E-state index contributed by atoms with van der Waals surface area (Å²) >= 11 is 0. The number of aromatic nitrogens is 2. The van der Waals surface area contributed by atoms with Gasteiger partial charge in [-0.3, -0.25) is 4.79 Å². The van der Waals surface area contributed by atoms with Crippen LogP contribution in [0.2, 0.25) is 0 Å². The van der Waals surface area contributed by atoms with Crippen LogP contribution >= 0.6 is 0 Å². The topological polar surface area (TPSA) is 67.4 Å². The molecule has 1 N–H and O–H groups in total. The third-order valence-corrected chi connectivity index (χ3v) is 3.22. The van der Waals surface area contributed by atoms with Crippen molar-refractivity contribution in [2.45, 2.75) is 39.7 Å². The summed E-state index contributed by atoms with van der Waals surface area (Å²) in [6.45, 7) is 9.02. The predicted molar refractivity (Wildman–Crippen MR) is 83.7 cm³/mol. The highest BCUT2D eigenvalue weighted by molar-refractivity contribution is 5.97. The van der Waals surface area contributed by atoms with Crippen LogP contribution in [0.3, 0.4) is 0 Å². The lowest BCUT2D eigenvalue weighted by atomic mass is 10.2. The molecule has 1 aromatic heterocycles. The molecule has 0 radical (unpaired) electrons. The number of carbonyl (C=O) groups is 1. The molecule has 0 unspecified atom stereocenters. The van der Waals surface area contributed by atoms with Crippen LogP contribution in [0.5, 0.6) is 0 Å². The smallest absolute Gasteiger partial charge is 0.275 e. The predicted octanol–water partition coefficient (Wildman–Crippen LogP) is 2.14. The summed E-state index contributed by atoms with van der Waals surface area (Å²) in [7, 11) is 3.39. The molecule has 0 saturated carbocycles. The Kier molecular flexibility index (Phi) is 6.55. The summed E-state index contributed by atoms with van der Waals surface area (Å²) in [5, 5.41) is 2.99. The number of carbonyl (C=O) groups excluding carboxylic acids is 1. The third-order valence-electron chi connectivity index (χ3n) is 3.22. The number of methoxy groups -OCH3 is 1. The van der Waals surface area contributed by atoms with Crippen LogP contribution in [-0.2, 0) is 4.74 Å². The van der Waals surface area contributed by atoms with Gasteiger partial charge in [0.05, 0.1) is 18.5 Å². The second-order valence-electron chi connectivity index (χ2n) is 5.48. The Morgan fingerprint density at radius 2 is 2.05 bits per heavy atom. The Bertz CT molecular complexity index is 475. The van der Waals surface area contributed by atoms with Gasteiger partial charge in [-0.15, -0.1) is 0 Å². The van der Waals surface area contributed by atoms with Gasteiger partial charge in [0.25, 0.3) is 5.91 Å². The number of anilines is 1. The van der Waals surface area contributed by atoms with E-state index in [1.807, 2.05) is 27.7 Å². The summed E-state index contributed by atoms with van der Waals surface area (Å²) in [4.78, 5) is 23.3. The van der Waals surface area contributed by atoms with E-state index in [4.69, 9.17) is 4.74 Å². The van der Waals surface area contributed by atoms with E-state index in [0.717, 1.165) is 0 Å². The van der Waals surface area contributed by atoms with Crippen molar-refractivity contribution >= 4 is 11.6 Å². The van der Waals surface area contributed by atoms with Gasteiger partial charge in [0.2, 0.25) is 0 Å². The van der Waals surface area contributed by atoms with Crippen molar-refractivity contribution in [3.8, 4) is 0 Å². The number of amides is 1. The van der Waals surface area contributed by atoms with Gasteiger partial charge in [-0.25, -0.2) is 9.97 Å². The summed E-state index contributed by atoms with van der Waals surface area (Å²) in [6.07, 6.45) is 1.67. The normalized spacial score (nSPS) is 11.0. The highest BCUT2D eigenvalue weighted by atomic mass is 16.5. The van der Waals surface area contributed by atoms with E-state index >= 15 is 0 Å². The van der Waals surface area contributed by atoms with Crippen LogP contribution in [0, 0.1) is 0 Å². The molecule has 0 aliphatic heterocycles. The van der Waals surface area contributed by atoms with Gasteiger partial charge in [0, 0.05) is 32.7 Å². The fraction of sp³-hybridized carbons (Fsp3) is 0.667. The Hall–Kier alpha value is -1.69. The van der Waals surface area contributed by atoms with E-state index in [1.165, 1.54) is 0 Å². The van der Waals surface area contributed by atoms with Crippen LogP contribution < -0.4 is 5.32 Å². The van der Waals surface area contributed by atoms with Crippen molar-refractivity contribution in [3.05, 3.63) is 17.7 Å². The molecule has 0 aliphatic carbocycles. The Morgan fingerprint density at radius 1 is 1.38 bits per heavy atom. The number of hydrogen-bond donors (Lipinski definition) is 1. The third kappa shape index (κ3) is 4.39. The molecule has 1 aromatic rings. The molecule has 0 saturated heterocycles. The van der Waals surface area contributed by atoms with Crippen molar-refractivity contribution in [3.63, 3.8) is 0 Å². The first kappa shape index (κ1) is 17.4. The first-order valence-electron chi connectivity index (χ1n) is 7.26. The highest BCUT2D eigenvalue weighted by Gasteiger charge is 2.23. The van der Waals surface area contributed by atoms with Gasteiger partial charge in [-0.05, 0) is 13.8 Å². The molecule has 21 heavy (non-hydrogen) atoms. The Labute approximate surface area is 126 Å². The van der Waals surface area contributed by atoms with E-state index in [9.17, 15) is 4.79 Å². The minimum Gasteiger partial charge on any atom is -0.385 e. The maximum absolute atomic E-state index is 12.8. The maximum atomic E-state index is 12.8. The molecule has 6 nitrogen and oxygen atoms in total. The lowest BCUT2D eigenvalue weighted by Gasteiger charge is -2.27. The number of rotatable bonds is 7. The fourth-order valence-electron chi connectivity index (χ4n) is 1.94. The zero-order chi connectivity index (χ0) is 16.0. The first-order chi connectivity index (χ1) is 9.92. The van der Waals surface area contributed by atoms with E-state index in [1.54, 1.807) is 25.3 Å². The summed E-state index contributed by atoms with van der Waals surface area (Å²) in [6, 6.07) is 0.0785. The molecule has 0 aliphatic rings. The molecule has 0 bridgehead atoms. The standard InChI is InChI=1S/C15H26N4O2/c1-10(2)14-17-9-12(16-5)13(18-14)15(20)19(11(3)4)7-8-21-6/h9-11,16H,7-8H2,1-6H3. The summed E-state index contributed by atoms with van der Waals surface area (Å²) in [5.74, 6) is 0.748. The first-order valence-corrected chi connectivity index (χ1v) is 7.26. The molecular formula is C15H26N4O2. The van der Waals surface area contributed by atoms with Crippen LogP contribution in [0.15, 0.2) is 6.20 Å². The van der Waals surface area contributed by atoms with Gasteiger partial charge in [0.15, 0.2) is 5.69 Å². The molecule has 1 heterocycles. The average molecular weight is 294 g/mol. The largest absolute Gasteiger partial charge is 0.385 e. The van der Waals surface area contributed by atoms with Crippen molar-refractivity contribution in [2.24, 2.45) is 0 Å². The molecule has 1 rings (SSSR count). The SMILES string of the molecule is CNc1cnc(C(C)C)nc1C(=O)N(CCOC)C(C)C. The van der Waals surface area contributed by atoms with E-state index in [0.29, 0.717) is 30.4 Å². The average Bonchev–Trinajstić information content (AvgIpc) is 2.46. The minimum absolute atomic E-state index is 0.0785. The van der Waals surface area contributed by atoms with Gasteiger partial charge in [-0.1, -0.05) is 13.8 Å². The second kappa shape index (κ2) is 7.93. The fourth-order valence-corrected chi connectivity index (χ4v) is 1.94. The van der Waals surface area contributed by atoms with Crippen LogP contribution in [0.25, 0.3) is 0 Å². The van der Waals surface area contributed by atoms with Crippen LogP contribution in [-0.4, -0.2) is 54.1 Å². The maximum Gasteiger partial charge on any atom is 0.275 e. The zero-order valence-corrected chi connectivity index (χ0v) is 13.8. The molecule has 0 fully saturated rings. The monoisotopic (exact) mass is 294 g/mol. The van der Waals surface area contributed by atoms with Crippen molar-refractivity contribution < 1.29 is 9.53 Å². The molecule has 6 heteroatoms. The summed E-state index contributed by atoms with van der Waals surface area (Å²) < 4.78 is 5.08. The van der Waals surface area contributed by atoms with Crippen LogP contribution in [0.4, 0.5) is 5.69 Å². The summed E-state index contributed by atoms with van der Waals surface area (Å²) in [5.41, 5.74) is 1.06. The molecular weight excluding hydrogens is 268 g/mol. The van der Waals surface area contributed by atoms with Crippen molar-refractivity contribution in [2.75, 3.05) is 32.6 Å². The van der Waals surface area contributed by atoms with E-state index in [2.05, 4.69) is 15.3 Å². The number of ether oxygens (including phenoxy) is 1. The number of nitrogens with one attached hydrogen (secondary N) is 1. The molecule has 0 atom stereocenters. The Balaban J connectivity index is 3.15.